The SMILES string of the molecule is CCN(CC)C(=O)Cn1ccc2c1CC(C)(C)CC2N. The molecule has 2 rings (SSSR count). The monoisotopic (exact) mass is 277 g/mol. The van der Waals surface area contributed by atoms with Gasteiger partial charge in [-0.1, -0.05) is 13.8 Å². The number of fused-ring (bicyclic) bond motifs is 1. The zero-order valence-electron chi connectivity index (χ0n) is 13.1. The number of likely N-dealkylation sites (N-methyl/N-ethyl adjacent to an activating group) is 1. The molecule has 0 radical (unpaired) electrons. The first-order valence-corrected chi connectivity index (χ1v) is 7.59. The molecular formula is C16H27N3O. The van der Waals surface area contributed by atoms with Crippen LogP contribution in [0, 0.1) is 5.41 Å². The maximum absolute atomic E-state index is 12.3. The third-order valence-corrected chi connectivity index (χ3v) is 4.35. The lowest BCUT2D eigenvalue weighted by atomic mass is 9.74. The van der Waals surface area contributed by atoms with E-state index in [0.717, 1.165) is 25.9 Å². The summed E-state index contributed by atoms with van der Waals surface area (Å²) in [5, 5.41) is 0. The molecule has 1 aromatic heterocycles. The Bertz CT molecular complexity index is 486. The summed E-state index contributed by atoms with van der Waals surface area (Å²) in [5.74, 6) is 0.186. The first-order valence-electron chi connectivity index (χ1n) is 7.59. The Morgan fingerprint density at radius 3 is 2.70 bits per heavy atom. The largest absolute Gasteiger partial charge is 0.342 e. The smallest absolute Gasteiger partial charge is 0.242 e. The van der Waals surface area contributed by atoms with Gasteiger partial charge in [0.2, 0.25) is 5.91 Å². The van der Waals surface area contributed by atoms with E-state index in [4.69, 9.17) is 5.73 Å². The molecule has 0 aromatic carbocycles. The summed E-state index contributed by atoms with van der Waals surface area (Å²) in [4.78, 5) is 14.2. The van der Waals surface area contributed by atoms with Crippen molar-refractivity contribution in [2.75, 3.05) is 13.1 Å². The van der Waals surface area contributed by atoms with Crippen LogP contribution in [0.2, 0.25) is 0 Å². The van der Waals surface area contributed by atoms with Gasteiger partial charge in [0.25, 0.3) is 0 Å². The molecule has 0 aliphatic heterocycles. The Kier molecular flexibility index (Phi) is 4.23. The molecule has 0 saturated carbocycles. The molecule has 4 heteroatoms. The van der Waals surface area contributed by atoms with Crippen molar-refractivity contribution >= 4 is 5.91 Å². The van der Waals surface area contributed by atoms with Crippen LogP contribution in [-0.4, -0.2) is 28.5 Å². The summed E-state index contributed by atoms with van der Waals surface area (Å²) in [5.41, 5.74) is 8.94. The minimum absolute atomic E-state index is 0.0959. The van der Waals surface area contributed by atoms with Crippen molar-refractivity contribution in [3.8, 4) is 0 Å². The molecule has 20 heavy (non-hydrogen) atoms. The number of nitrogens with zero attached hydrogens (tertiary/aromatic N) is 2. The fraction of sp³-hybridized carbons (Fsp3) is 0.688. The lowest BCUT2D eigenvalue weighted by molar-refractivity contribution is -0.131. The summed E-state index contributed by atoms with van der Waals surface area (Å²) < 4.78 is 2.09. The molecular weight excluding hydrogens is 250 g/mol. The summed E-state index contributed by atoms with van der Waals surface area (Å²) in [6.45, 7) is 10.5. The first kappa shape index (κ1) is 15.1. The molecule has 4 nitrogen and oxygen atoms in total. The van der Waals surface area contributed by atoms with Gasteiger partial charge >= 0.3 is 0 Å². The highest BCUT2D eigenvalue weighted by Crippen LogP contribution is 2.39. The van der Waals surface area contributed by atoms with Crippen LogP contribution >= 0.6 is 0 Å². The van der Waals surface area contributed by atoms with Crippen molar-refractivity contribution in [2.45, 2.75) is 53.1 Å². The van der Waals surface area contributed by atoms with Crippen LogP contribution in [0.3, 0.4) is 0 Å². The second kappa shape index (κ2) is 5.60. The molecule has 1 atom stereocenters. The topological polar surface area (TPSA) is 51.3 Å². The molecule has 1 aromatic rings. The standard InChI is InChI=1S/C16H27N3O/c1-5-18(6-2)15(20)11-19-8-7-12-13(17)9-16(3,4)10-14(12)19/h7-8,13H,5-6,9-11,17H2,1-4H3. The van der Waals surface area contributed by atoms with E-state index in [0.29, 0.717) is 6.54 Å². The molecule has 1 unspecified atom stereocenters. The van der Waals surface area contributed by atoms with Crippen molar-refractivity contribution in [3.63, 3.8) is 0 Å². The summed E-state index contributed by atoms with van der Waals surface area (Å²) in [6, 6.07) is 2.18. The van der Waals surface area contributed by atoms with E-state index in [1.807, 2.05) is 24.9 Å². The minimum atomic E-state index is 0.0959. The van der Waals surface area contributed by atoms with E-state index in [1.54, 1.807) is 0 Å². The molecule has 112 valence electrons. The van der Waals surface area contributed by atoms with E-state index < -0.39 is 0 Å². The highest BCUT2D eigenvalue weighted by Gasteiger charge is 2.32. The molecule has 2 N–H and O–H groups in total. The van der Waals surface area contributed by atoms with Crippen molar-refractivity contribution in [3.05, 3.63) is 23.5 Å². The molecule has 0 saturated heterocycles. The average molecular weight is 277 g/mol. The lowest BCUT2D eigenvalue weighted by Gasteiger charge is -2.34. The predicted octanol–water partition coefficient (Wildman–Crippen LogP) is 2.33. The number of rotatable bonds is 4. The number of hydrogen-bond acceptors (Lipinski definition) is 2. The molecule has 1 aliphatic carbocycles. The Morgan fingerprint density at radius 1 is 1.45 bits per heavy atom. The third-order valence-electron chi connectivity index (χ3n) is 4.35. The first-order chi connectivity index (χ1) is 9.38. The van der Waals surface area contributed by atoms with Crippen molar-refractivity contribution < 1.29 is 4.79 Å². The van der Waals surface area contributed by atoms with Gasteiger partial charge in [-0.2, -0.15) is 0 Å². The minimum Gasteiger partial charge on any atom is -0.342 e. The Balaban J connectivity index is 2.21. The van der Waals surface area contributed by atoms with Crippen LogP contribution in [0.15, 0.2) is 12.3 Å². The van der Waals surface area contributed by atoms with Crippen LogP contribution < -0.4 is 5.73 Å². The number of carbonyl (C=O) groups is 1. The van der Waals surface area contributed by atoms with Crippen molar-refractivity contribution in [1.29, 1.82) is 0 Å². The van der Waals surface area contributed by atoms with Gasteiger partial charge in [-0.05, 0) is 43.7 Å². The van der Waals surface area contributed by atoms with Gasteiger partial charge < -0.3 is 15.2 Å². The van der Waals surface area contributed by atoms with E-state index >= 15 is 0 Å². The van der Waals surface area contributed by atoms with Crippen LogP contribution in [-0.2, 0) is 17.8 Å². The fourth-order valence-electron chi connectivity index (χ4n) is 3.26. The fourth-order valence-corrected chi connectivity index (χ4v) is 3.26. The Morgan fingerprint density at radius 2 is 2.10 bits per heavy atom. The summed E-state index contributed by atoms with van der Waals surface area (Å²) >= 11 is 0. The molecule has 0 bridgehead atoms. The zero-order chi connectivity index (χ0) is 14.9. The summed E-state index contributed by atoms with van der Waals surface area (Å²) in [7, 11) is 0. The van der Waals surface area contributed by atoms with Gasteiger partial charge in [-0.15, -0.1) is 0 Å². The summed E-state index contributed by atoms with van der Waals surface area (Å²) in [6.07, 6.45) is 4.02. The van der Waals surface area contributed by atoms with E-state index in [-0.39, 0.29) is 17.4 Å². The second-order valence-electron chi connectivity index (χ2n) is 6.56. The van der Waals surface area contributed by atoms with Gasteiger partial charge in [0.15, 0.2) is 0 Å². The van der Waals surface area contributed by atoms with E-state index in [1.165, 1.54) is 11.3 Å². The lowest BCUT2D eigenvalue weighted by Crippen LogP contribution is -2.35. The van der Waals surface area contributed by atoms with E-state index in [2.05, 4.69) is 24.5 Å². The number of carbonyl (C=O) groups excluding carboxylic acids is 1. The zero-order valence-corrected chi connectivity index (χ0v) is 13.1. The van der Waals surface area contributed by atoms with Crippen molar-refractivity contribution in [2.24, 2.45) is 11.1 Å². The van der Waals surface area contributed by atoms with Crippen LogP contribution in [0.4, 0.5) is 0 Å². The third kappa shape index (κ3) is 2.90. The Labute approximate surface area is 121 Å². The highest BCUT2D eigenvalue weighted by atomic mass is 16.2. The van der Waals surface area contributed by atoms with Gasteiger partial charge in [0, 0.05) is 31.0 Å². The normalized spacial score (nSPS) is 20.6. The van der Waals surface area contributed by atoms with Gasteiger partial charge in [-0.3, -0.25) is 4.79 Å². The molecule has 1 amide bonds. The predicted molar refractivity (Wildman–Crippen MR) is 81.4 cm³/mol. The van der Waals surface area contributed by atoms with E-state index in [9.17, 15) is 4.79 Å². The van der Waals surface area contributed by atoms with Gasteiger partial charge in [0.1, 0.15) is 6.54 Å². The number of hydrogen-bond donors (Lipinski definition) is 1. The molecule has 0 fully saturated rings. The number of amides is 1. The Hall–Kier alpha value is -1.29. The van der Waals surface area contributed by atoms with Gasteiger partial charge in [-0.25, -0.2) is 0 Å². The molecule has 1 aliphatic rings. The quantitative estimate of drug-likeness (QED) is 0.918. The average Bonchev–Trinajstić information content (AvgIpc) is 2.72. The number of aromatic nitrogens is 1. The van der Waals surface area contributed by atoms with Gasteiger partial charge in [0.05, 0.1) is 0 Å². The molecule has 1 heterocycles. The highest BCUT2D eigenvalue weighted by molar-refractivity contribution is 5.76. The van der Waals surface area contributed by atoms with Crippen LogP contribution in [0.5, 0.6) is 0 Å². The maximum atomic E-state index is 12.3. The molecule has 0 spiro atoms. The van der Waals surface area contributed by atoms with Crippen LogP contribution in [0.25, 0.3) is 0 Å². The van der Waals surface area contributed by atoms with Crippen molar-refractivity contribution in [1.82, 2.24) is 9.47 Å². The number of nitrogens with two attached hydrogens (primary N) is 1. The second-order valence-corrected chi connectivity index (χ2v) is 6.56. The maximum Gasteiger partial charge on any atom is 0.242 e. The van der Waals surface area contributed by atoms with Crippen LogP contribution in [0.1, 0.15) is 51.4 Å².